The summed E-state index contributed by atoms with van der Waals surface area (Å²) in [6.07, 6.45) is 2.53. The number of nitrogens with one attached hydrogen (secondary N) is 1. The van der Waals surface area contributed by atoms with Crippen LogP contribution in [0.1, 0.15) is 5.56 Å². The number of hydrogen-bond acceptors (Lipinski definition) is 2. The lowest BCUT2D eigenvalue weighted by Crippen LogP contribution is -2.33. The number of nitrogens with zero attached hydrogens (tertiary/aromatic N) is 2. The van der Waals surface area contributed by atoms with Gasteiger partial charge in [-0.25, -0.2) is 0 Å². The van der Waals surface area contributed by atoms with Gasteiger partial charge < -0.3 is 9.88 Å². The summed E-state index contributed by atoms with van der Waals surface area (Å²) in [6, 6.07) is 5.53. The number of halogens is 1. The maximum atomic E-state index is 12.2. The molecule has 3 rings (SSSR count). The highest BCUT2D eigenvalue weighted by molar-refractivity contribution is 7.80. The molecule has 2 aromatic rings. The Morgan fingerprint density at radius 1 is 1.40 bits per heavy atom. The van der Waals surface area contributed by atoms with E-state index in [1.807, 2.05) is 36.3 Å². The van der Waals surface area contributed by atoms with Gasteiger partial charge in [-0.3, -0.25) is 9.69 Å². The molecule has 2 heterocycles. The van der Waals surface area contributed by atoms with Crippen LogP contribution in [0.5, 0.6) is 0 Å². The van der Waals surface area contributed by atoms with E-state index in [0.29, 0.717) is 16.6 Å². The van der Waals surface area contributed by atoms with Crippen LogP contribution in [0.2, 0.25) is 5.02 Å². The van der Waals surface area contributed by atoms with Crippen molar-refractivity contribution in [2.45, 2.75) is 12.5 Å². The van der Waals surface area contributed by atoms with E-state index in [1.165, 1.54) is 4.90 Å². The molecule has 20 heavy (non-hydrogen) atoms. The van der Waals surface area contributed by atoms with Crippen molar-refractivity contribution in [3.8, 4) is 0 Å². The second kappa shape index (κ2) is 4.75. The van der Waals surface area contributed by atoms with Gasteiger partial charge >= 0.3 is 0 Å². The van der Waals surface area contributed by atoms with Gasteiger partial charge in [-0.2, -0.15) is 0 Å². The number of fused-ring (bicyclic) bond motifs is 1. The number of para-hydroxylation sites is 1. The smallest absolute Gasteiger partial charge is 0.251 e. The van der Waals surface area contributed by atoms with E-state index in [1.54, 1.807) is 7.05 Å². The number of hydrogen-bond donors (Lipinski definition) is 1. The van der Waals surface area contributed by atoms with Crippen LogP contribution >= 0.6 is 23.8 Å². The number of amides is 1. The third kappa shape index (κ3) is 1.89. The highest BCUT2D eigenvalue weighted by Crippen LogP contribution is 2.28. The molecule has 0 saturated carbocycles. The average molecular weight is 308 g/mol. The Kier molecular flexibility index (Phi) is 3.18. The minimum Gasteiger partial charge on any atom is -0.360 e. The first-order valence-corrected chi connectivity index (χ1v) is 7.08. The number of benzene rings is 1. The van der Waals surface area contributed by atoms with E-state index in [4.69, 9.17) is 23.8 Å². The van der Waals surface area contributed by atoms with Gasteiger partial charge in [-0.05, 0) is 23.8 Å². The van der Waals surface area contributed by atoms with Crippen LogP contribution in [0.4, 0.5) is 0 Å². The fourth-order valence-corrected chi connectivity index (χ4v) is 3.08. The molecule has 0 bridgehead atoms. The van der Waals surface area contributed by atoms with Crippen molar-refractivity contribution in [1.29, 1.82) is 0 Å². The summed E-state index contributed by atoms with van der Waals surface area (Å²) < 4.78 is 0. The molecule has 1 saturated heterocycles. The number of likely N-dealkylation sites (N-methyl/N-ethyl adjacent to an activating group) is 2. The molecule has 4 nitrogen and oxygen atoms in total. The molecule has 0 spiro atoms. The molecule has 1 unspecified atom stereocenters. The maximum Gasteiger partial charge on any atom is 0.251 e. The fraction of sp³-hybridized carbons (Fsp3) is 0.286. The summed E-state index contributed by atoms with van der Waals surface area (Å²) in [7, 11) is 3.57. The summed E-state index contributed by atoms with van der Waals surface area (Å²) >= 11 is 11.4. The van der Waals surface area contributed by atoms with Gasteiger partial charge in [0.25, 0.3) is 5.91 Å². The van der Waals surface area contributed by atoms with Crippen LogP contribution in [0.25, 0.3) is 10.9 Å². The Labute approximate surface area is 127 Å². The molecule has 1 fully saturated rings. The normalized spacial score (nSPS) is 19.4. The van der Waals surface area contributed by atoms with E-state index in [9.17, 15) is 4.79 Å². The first kappa shape index (κ1) is 13.4. The SMILES string of the molecule is CN1C(=O)C(Cc2c[nH]c3c(Cl)cccc23)N(C)C1=S. The monoisotopic (exact) mass is 307 g/mol. The highest BCUT2D eigenvalue weighted by Gasteiger charge is 2.38. The van der Waals surface area contributed by atoms with Crippen LogP contribution in [0, 0.1) is 0 Å². The third-order valence-electron chi connectivity index (χ3n) is 3.84. The van der Waals surface area contributed by atoms with Crippen LogP contribution in [0.3, 0.4) is 0 Å². The predicted octanol–water partition coefficient (Wildman–Crippen LogP) is 2.42. The Hall–Kier alpha value is -1.59. The van der Waals surface area contributed by atoms with E-state index < -0.39 is 0 Å². The summed E-state index contributed by atoms with van der Waals surface area (Å²) in [5.74, 6) is 0.0360. The van der Waals surface area contributed by atoms with Gasteiger partial charge in [0.05, 0.1) is 10.5 Å². The molecule has 1 atom stereocenters. The maximum absolute atomic E-state index is 12.2. The Morgan fingerprint density at radius 3 is 2.80 bits per heavy atom. The highest BCUT2D eigenvalue weighted by atomic mass is 35.5. The molecular formula is C14H14ClN3OS. The van der Waals surface area contributed by atoms with E-state index in [0.717, 1.165) is 16.5 Å². The second-order valence-electron chi connectivity index (χ2n) is 4.99. The summed E-state index contributed by atoms with van der Waals surface area (Å²) in [5, 5.41) is 2.31. The van der Waals surface area contributed by atoms with Crippen molar-refractivity contribution in [2.75, 3.05) is 14.1 Å². The number of H-pyrrole nitrogens is 1. The fourth-order valence-electron chi connectivity index (χ4n) is 2.63. The standard InChI is InChI=1S/C14H14ClN3OS/c1-17-11(13(19)18(2)14(17)20)6-8-7-16-12-9(8)4-3-5-10(12)15/h3-5,7,11,16H,6H2,1-2H3. The van der Waals surface area contributed by atoms with Gasteiger partial charge in [-0.1, -0.05) is 23.7 Å². The largest absolute Gasteiger partial charge is 0.360 e. The first-order valence-electron chi connectivity index (χ1n) is 6.29. The van der Waals surface area contributed by atoms with Gasteiger partial charge in [-0.15, -0.1) is 0 Å². The number of rotatable bonds is 2. The summed E-state index contributed by atoms with van der Waals surface area (Å²) in [5.41, 5.74) is 1.99. The van der Waals surface area contributed by atoms with Crippen molar-refractivity contribution in [2.24, 2.45) is 0 Å². The van der Waals surface area contributed by atoms with Crippen molar-refractivity contribution >= 4 is 45.7 Å². The van der Waals surface area contributed by atoms with Crippen molar-refractivity contribution < 1.29 is 4.79 Å². The molecule has 1 aromatic heterocycles. The lowest BCUT2D eigenvalue weighted by atomic mass is 10.0. The topological polar surface area (TPSA) is 39.3 Å². The van der Waals surface area contributed by atoms with Crippen LogP contribution in [-0.2, 0) is 11.2 Å². The molecule has 0 aliphatic carbocycles. The number of aromatic nitrogens is 1. The average Bonchev–Trinajstić information content (AvgIpc) is 2.92. The minimum atomic E-state index is -0.245. The van der Waals surface area contributed by atoms with Gasteiger partial charge in [0, 0.05) is 32.1 Å². The second-order valence-corrected chi connectivity index (χ2v) is 5.76. The molecular weight excluding hydrogens is 294 g/mol. The zero-order valence-corrected chi connectivity index (χ0v) is 12.8. The molecule has 104 valence electrons. The Morgan fingerprint density at radius 2 is 2.15 bits per heavy atom. The number of thiocarbonyl (C=S) groups is 1. The quantitative estimate of drug-likeness (QED) is 0.866. The third-order valence-corrected chi connectivity index (χ3v) is 4.71. The Balaban J connectivity index is 1.96. The first-order chi connectivity index (χ1) is 9.50. The molecule has 1 aromatic carbocycles. The zero-order valence-electron chi connectivity index (χ0n) is 11.2. The molecule has 1 aliphatic heterocycles. The van der Waals surface area contributed by atoms with Crippen molar-refractivity contribution in [3.05, 3.63) is 35.0 Å². The molecule has 1 aliphatic rings. The van der Waals surface area contributed by atoms with Crippen LogP contribution < -0.4 is 0 Å². The van der Waals surface area contributed by atoms with Gasteiger partial charge in [0.15, 0.2) is 5.11 Å². The minimum absolute atomic E-state index is 0.0360. The molecule has 6 heteroatoms. The predicted molar refractivity (Wildman–Crippen MR) is 83.9 cm³/mol. The van der Waals surface area contributed by atoms with Gasteiger partial charge in [0.2, 0.25) is 0 Å². The Bertz CT molecular complexity index is 712. The van der Waals surface area contributed by atoms with Crippen LogP contribution in [-0.4, -0.2) is 45.9 Å². The van der Waals surface area contributed by atoms with Gasteiger partial charge in [0.1, 0.15) is 6.04 Å². The number of carbonyl (C=O) groups excluding carboxylic acids is 1. The van der Waals surface area contributed by atoms with E-state index in [2.05, 4.69) is 4.98 Å². The van der Waals surface area contributed by atoms with E-state index >= 15 is 0 Å². The molecule has 1 amide bonds. The van der Waals surface area contributed by atoms with Crippen LogP contribution in [0.15, 0.2) is 24.4 Å². The summed E-state index contributed by atoms with van der Waals surface area (Å²) in [6.45, 7) is 0. The summed E-state index contributed by atoms with van der Waals surface area (Å²) in [4.78, 5) is 18.8. The lowest BCUT2D eigenvalue weighted by molar-refractivity contribution is -0.127. The molecule has 1 N–H and O–H groups in total. The lowest BCUT2D eigenvalue weighted by Gasteiger charge is -2.17. The van der Waals surface area contributed by atoms with Crippen molar-refractivity contribution in [3.63, 3.8) is 0 Å². The van der Waals surface area contributed by atoms with Crippen molar-refractivity contribution in [1.82, 2.24) is 14.8 Å². The number of aromatic amines is 1. The molecule has 0 radical (unpaired) electrons. The zero-order chi connectivity index (χ0) is 14.4. The number of carbonyl (C=O) groups is 1. The van der Waals surface area contributed by atoms with E-state index in [-0.39, 0.29) is 11.9 Å².